The van der Waals surface area contributed by atoms with Crippen LogP contribution in [0.5, 0.6) is 0 Å². The Labute approximate surface area is 146 Å². The van der Waals surface area contributed by atoms with Gasteiger partial charge < -0.3 is 21.1 Å². The van der Waals surface area contributed by atoms with Crippen molar-refractivity contribution in [3.05, 3.63) is 30.1 Å². The molecule has 0 aliphatic heterocycles. The summed E-state index contributed by atoms with van der Waals surface area (Å²) in [5, 5.41) is 18.2. The van der Waals surface area contributed by atoms with Crippen LogP contribution in [0.15, 0.2) is 24.5 Å². The number of carbonyl (C=O) groups excluding carboxylic acids is 3. The molecule has 3 atom stereocenters. The van der Waals surface area contributed by atoms with Crippen molar-refractivity contribution in [2.75, 3.05) is 13.1 Å². The molecule has 0 bridgehead atoms. The zero-order valence-electron chi connectivity index (χ0n) is 14.2. The van der Waals surface area contributed by atoms with E-state index in [4.69, 9.17) is 0 Å². The minimum atomic E-state index is -0.746. The van der Waals surface area contributed by atoms with Crippen LogP contribution in [0.1, 0.15) is 25.3 Å². The molecule has 0 spiro atoms. The number of aromatic nitrogens is 1. The second-order valence-corrected chi connectivity index (χ2v) is 6.22. The van der Waals surface area contributed by atoms with Gasteiger partial charge in [-0.1, -0.05) is 6.07 Å². The summed E-state index contributed by atoms with van der Waals surface area (Å²) in [6.07, 6.45) is 3.40. The van der Waals surface area contributed by atoms with Crippen molar-refractivity contribution in [2.45, 2.75) is 38.3 Å². The van der Waals surface area contributed by atoms with Crippen molar-refractivity contribution in [3.63, 3.8) is 0 Å². The number of carbonyl (C=O) groups is 3. The lowest BCUT2D eigenvalue weighted by molar-refractivity contribution is -0.125. The van der Waals surface area contributed by atoms with Crippen LogP contribution in [-0.4, -0.2) is 53.0 Å². The van der Waals surface area contributed by atoms with Crippen LogP contribution in [0.3, 0.4) is 0 Å². The van der Waals surface area contributed by atoms with Gasteiger partial charge in [0.15, 0.2) is 0 Å². The molecule has 1 heterocycles. The third-order valence-corrected chi connectivity index (χ3v) is 4.13. The van der Waals surface area contributed by atoms with Gasteiger partial charge in [-0.15, -0.1) is 0 Å². The Kier molecular flexibility index (Phi) is 6.88. The highest BCUT2D eigenvalue weighted by Gasteiger charge is 2.37. The number of aliphatic hydroxyl groups is 1. The number of rotatable bonds is 7. The summed E-state index contributed by atoms with van der Waals surface area (Å²) in [5.41, 5.74) is 0.791. The van der Waals surface area contributed by atoms with E-state index in [1.54, 1.807) is 18.5 Å². The summed E-state index contributed by atoms with van der Waals surface area (Å²) >= 11 is 0. The van der Waals surface area contributed by atoms with E-state index in [2.05, 4.69) is 20.9 Å². The van der Waals surface area contributed by atoms with Gasteiger partial charge in [0.2, 0.25) is 17.7 Å². The fourth-order valence-corrected chi connectivity index (χ4v) is 2.90. The number of hydrogen-bond acceptors (Lipinski definition) is 5. The van der Waals surface area contributed by atoms with Gasteiger partial charge in [-0.3, -0.25) is 19.4 Å². The number of nitrogens with zero attached hydrogens (tertiary/aromatic N) is 1. The molecule has 4 N–H and O–H groups in total. The van der Waals surface area contributed by atoms with Crippen LogP contribution in [0.25, 0.3) is 0 Å². The van der Waals surface area contributed by atoms with Gasteiger partial charge in [-0.05, 0) is 24.5 Å². The average molecular weight is 348 g/mol. The second-order valence-electron chi connectivity index (χ2n) is 6.22. The zero-order chi connectivity index (χ0) is 18.2. The number of nitrogens with one attached hydrogen (secondary N) is 3. The molecule has 1 fully saturated rings. The number of amides is 3. The maximum atomic E-state index is 12.1. The van der Waals surface area contributed by atoms with Crippen LogP contribution in [0.2, 0.25) is 0 Å². The summed E-state index contributed by atoms with van der Waals surface area (Å²) in [5.74, 6) is -0.880. The Morgan fingerprint density at radius 3 is 2.68 bits per heavy atom. The van der Waals surface area contributed by atoms with E-state index in [9.17, 15) is 19.5 Å². The van der Waals surface area contributed by atoms with Gasteiger partial charge in [0.05, 0.1) is 18.6 Å². The fraction of sp³-hybridized carbons (Fsp3) is 0.529. The Hall–Kier alpha value is -2.48. The predicted molar refractivity (Wildman–Crippen MR) is 90.3 cm³/mol. The monoisotopic (exact) mass is 348 g/mol. The first-order chi connectivity index (χ1) is 12.0. The van der Waals surface area contributed by atoms with Gasteiger partial charge >= 0.3 is 0 Å². The van der Waals surface area contributed by atoms with Gasteiger partial charge in [0, 0.05) is 38.3 Å². The summed E-state index contributed by atoms with van der Waals surface area (Å²) in [6.45, 7) is 2.11. The average Bonchev–Trinajstić information content (AvgIpc) is 2.93. The zero-order valence-corrected chi connectivity index (χ0v) is 14.2. The molecule has 0 saturated heterocycles. The molecule has 1 saturated carbocycles. The molecule has 1 aliphatic rings. The molecule has 1 aliphatic carbocycles. The molecule has 136 valence electrons. The fourth-order valence-electron chi connectivity index (χ4n) is 2.90. The normalized spacial score (nSPS) is 22.2. The molecule has 8 heteroatoms. The van der Waals surface area contributed by atoms with Crippen LogP contribution in [0.4, 0.5) is 0 Å². The Morgan fingerprint density at radius 1 is 1.24 bits per heavy atom. The summed E-state index contributed by atoms with van der Waals surface area (Å²) in [6, 6.07) is 3.13. The number of pyridine rings is 1. The van der Waals surface area contributed by atoms with E-state index in [-0.39, 0.29) is 30.1 Å². The predicted octanol–water partition coefficient (Wildman–Crippen LogP) is -0.868. The van der Waals surface area contributed by atoms with Gasteiger partial charge in [0.25, 0.3) is 0 Å². The van der Waals surface area contributed by atoms with E-state index in [0.29, 0.717) is 25.9 Å². The molecule has 1 aromatic rings. The molecule has 0 radical (unpaired) electrons. The quantitative estimate of drug-likeness (QED) is 0.478. The Morgan fingerprint density at radius 2 is 2.00 bits per heavy atom. The summed E-state index contributed by atoms with van der Waals surface area (Å²) < 4.78 is 0. The lowest BCUT2D eigenvalue weighted by Gasteiger charge is -2.16. The van der Waals surface area contributed by atoms with E-state index < -0.39 is 12.1 Å². The maximum absolute atomic E-state index is 12.1. The van der Waals surface area contributed by atoms with E-state index in [0.717, 1.165) is 5.56 Å². The van der Waals surface area contributed by atoms with Crippen molar-refractivity contribution in [1.82, 2.24) is 20.9 Å². The SMILES string of the molecule is CC(=O)NCCNC(=O)[C@@H]1C[C@@H](O)[C@H](NC(=O)Cc2cccnc2)C1. The van der Waals surface area contributed by atoms with Crippen molar-refractivity contribution >= 4 is 17.7 Å². The molecular weight excluding hydrogens is 324 g/mol. The molecule has 0 aromatic carbocycles. The maximum Gasteiger partial charge on any atom is 0.224 e. The van der Waals surface area contributed by atoms with Crippen LogP contribution >= 0.6 is 0 Å². The minimum absolute atomic E-state index is 0.151. The summed E-state index contributed by atoms with van der Waals surface area (Å²) in [7, 11) is 0. The second kappa shape index (κ2) is 9.12. The van der Waals surface area contributed by atoms with Crippen LogP contribution in [0, 0.1) is 5.92 Å². The molecule has 0 unspecified atom stereocenters. The smallest absolute Gasteiger partial charge is 0.224 e. The van der Waals surface area contributed by atoms with Gasteiger partial charge in [-0.25, -0.2) is 0 Å². The van der Waals surface area contributed by atoms with Gasteiger partial charge in [-0.2, -0.15) is 0 Å². The van der Waals surface area contributed by atoms with E-state index in [1.165, 1.54) is 6.92 Å². The summed E-state index contributed by atoms with van der Waals surface area (Å²) in [4.78, 5) is 38.9. The topological polar surface area (TPSA) is 120 Å². The Balaban J connectivity index is 1.75. The van der Waals surface area contributed by atoms with Crippen molar-refractivity contribution in [2.24, 2.45) is 5.92 Å². The Bertz CT molecular complexity index is 608. The first-order valence-electron chi connectivity index (χ1n) is 8.34. The first-order valence-corrected chi connectivity index (χ1v) is 8.34. The standard InChI is InChI=1S/C17H24N4O4/c1-11(22)19-5-6-20-17(25)13-8-14(15(23)9-13)21-16(24)7-12-3-2-4-18-10-12/h2-4,10,13-15,23H,5-9H2,1H3,(H,19,22)(H,20,25)(H,21,24)/t13-,14+,15+/m0/s1. The minimum Gasteiger partial charge on any atom is -0.391 e. The lowest BCUT2D eigenvalue weighted by Crippen LogP contribution is -2.41. The molecule has 2 rings (SSSR count). The molecule has 25 heavy (non-hydrogen) atoms. The molecule has 8 nitrogen and oxygen atoms in total. The van der Waals surface area contributed by atoms with E-state index >= 15 is 0 Å². The van der Waals surface area contributed by atoms with Crippen molar-refractivity contribution < 1.29 is 19.5 Å². The first kappa shape index (κ1) is 18.9. The van der Waals surface area contributed by atoms with Crippen molar-refractivity contribution in [3.8, 4) is 0 Å². The van der Waals surface area contributed by atoms with Crippen LogP contribution in [-0.2, 0) is 20.8 Å². The lowest BCUT2D eigenvalue weighted by atomic mass is 10.1. The molecule has 3 amide bonds. The molecule has 1 aromatic heterocycles. The third-order valence-electron chi connectivity index (χ3n) is 4.13. The van der Waals surface area contributed by atoms with Crippen LogP contribution < -0.4 is 16.0 Å². The van der Waals surface area contributed by atoms with Crippen molar-refractivity contribution in [1.29, 1.82) is 0 Å². The number of aliphatic hydroxyl groups excluding tert-OH is 1. The van der Waals surface area contributed by atoms with Gasteiger partial charge in [0.1, 0.15) is 0 Å². The largest absolute Gasteiger partial charge is 0.391 e. The number of hydrogen-bond donors (Lipinski definition) is 4. The highest BCUT2D eigenvalue weighted by atomic mass is 16.3. The highest BCUT2D eigenvalue weighted by molar-refractivity contribution is 5.81. The molecular formula is C17H24N4O4. The van der Waals surface area contributed by atoms with E-state index in [1.807, 2.05) is 6.07 Å². The third kappa shape index (κ3) is 6.15. The highest BCUT2D eigenvalue weighted by Crippen LogP contribution is 2.26.